The number of benzene rings is 3. The molecule has 148 valence electrons. The van der Waals surface area contributed by atoms with Gasteiger partial charge in [-0.3, -0.25) is 4.31 Å². The lowest BCUT2D eigenvalue weighted by Gasteiger charge is -2.19. The van der Waals surface area contributed by atoms with E-state index in [1.54, 1.807) is 28.6 Å². The van der Waals surface area contributed by atoms with Crippen molar-refractivity contribution < 1.29 is 8.42 Å². The van der Waals surface area contributed by atoms with Crippen LogP contribution in [0, 0.1) is 0 Å². The number of nitrogens with one attached hydrogen (secondary N) is 1. The molecule has 1 fully saturated rings. The summed E-state index contributed by atoms with van der Waals surface area (Å²) in [5.41, 5.74) is 4.57. The Bertz CT molecular complexity index is 1110. The van der Waals surface area contributed by atoms with Crippen LogP contribution in [-0.2, 0) is 23.0 Å². The number of fused-ring (bicyclic) bond motifs is 1. The molecule has 2 unspecified atom stereocenters. The van der Waals surface area contributed by atoms with Crippen LogP contribution < -0.4 is 9.62 Å². The maximum absolute atomic E-state index is 13.0. The van der Waals surface area contributed by atoms with E-state index in [2.05, 4.69) is 41.7 Å². The number of nitrogens with zero attached hydrogens (tertiary/aromatic N) is 1. The van der Waals surface area contributed by atoms with Gasteiger partial charge in [0.1, 0.15) is 0 Å². The summed E-state index contributed by atoms with van der Waals surface area (Å²) in [7, 11) is -3.50. The van der Waals surface area contributed by atoms with E-state index < -0.39 is 10.0 Å². The Morgan fingerprint density at radius 2 is 1.66 bits per heavy atom. The van der Waals surface area contributed by atoms with Crippen LogP contribution >= 0.6 is 0 Å². The molecule has 0 amide bonds. The third-order valence-corrected chi connectivity index (χ3v) is 7.74. The lowest BCUT2D eigenvalue weighted by atomic mass is 10.0. The molecule has 1 aliphatic carbocycles. The number of sulfonamides is 1. The SMILES string of the molecule is O=S(=O)(c1ccccc1)N1CCc2cc(C3CC3NCc3ccccc3)ccc21. The lowest BCUT2D eigenvalue weighted by molar-refractivity contribution is 0.592. The van der Waals surface area contributed by atoms with Gasteiger partial charge in [-0.25, -0.2) is 8.42 Å². The molecule has 5 rings (SSSR count). The van der Waals surface area contributed by atoms with Crippen molar-refractivity contribution >= 4 is 15.7 Å². The van der Waals surface area contributed by atoms with Crippen LogP contribution in [0.4, 0.5) is 5.69 Å². The summed E-state index contributed by atoms with van der Waals surface area (Å²) < 4.78 is 27.6. The van der Waals surface area contributed by atoms with Crippen LogP contribution in [0.5, 0.6) is 0 Å². The van der Waals surface area contributed by atoms with Gasteiger partial charge < -0.3 is 5.32 Å². The van der Waals surface area contributed by atoms with E-state index in [9.17, 15) is 8.42 Å². The van der Waals surface area contributed by atoms with Crippen molar-refractivity contribution in [2.24, 2.45) is 0 Å². The van der Waals surface area contributed by atoms with Gasteiger partial charge in [-0.1, -0.05) is 60.7 Å². The molecule has 4 nitrogen and oxygen atoms in total. The quantitative estimate of drug-likeness (QED) is 0.673. The van der Waals surface area contributed by atoms with Gasteiger partial charge in [0.15, 0.2) is 0 Å². The third-order valence-electron chi connectivity index (χ3n) is 5.92. The van der Waals surface area contributed by atoms with Crippen LogP contribution in [0.2, 0.25) is 0 Å². The standard InChI is InChI=1S/C24H24N2O2S/c27-29(28,21-9-5-2-6-10-21)26-14-13-20-15-19(11-12-24(20)26)22-16-23(22)25-17-18-7-3-1-4-8-18/h1-12,15,22-23,25H,13-14,16-17H2. The highest BCUT2D eigenvalue weighted by atomic mass is 32.2. The molecule has 1 saturated carbocycles. The van der Waals surface area contributed by atoms with Gasteiger partial charge in [0.25, 0.3) is 10.0 Å². The van der Waals surface area contributed by atoms with Crippen LogP contribution in [0.25, 0.3) is 0 Å². The largest absolute Gasteiger partial charge is 0.309 e. The van der Waals surface area contributed by atoms with E-state index >= 15 is 0 Å². The predicted octanol–water partition coefficient (Wildman–Crippen LogP) is 4.08. The number of anilines is 1. The summed E-state index contributed by atoms with van der Waals surface area (Å²) in [5, 5.41) is 3.64. The number of rotatable bonds is 6. The molecule has 0 saturated heterocycles. The molecule has 0 bridgehead atoms. The Balaban J connectivity index is 1.29. The molecule has 1 aliphatic heterocycles. The van der Waals surface area contributed by atoms with E-state index in [0.717, 1.165) is 30.6 Å². The highest BCUT2D eigenvalue weighted by molar-refractivity contribution is 7.92. The van der Waals surface area contributed by atoms with Gasteiger partial charge in [0.2, 0.25) is 0 Å². The van der Waals surface area contributed by atoms with E-state index in [-0.39, 0.29) is 0 Å². The Kier molecular flexibility index (Phi) is 4.64. The molecule has 2 atom stereocenters. The summed E-state index contributed by atoms with van der Waals surface area (Å²) in [6.45, 7) is 1.40. The first-order chi connectivity index (χ1) is 14.1. The van der Waals surface area contributed by atoms with Gasteiger partial charge in [0, 0.05) is 25.0 Å². The second kappa shape index (κ2) is 7.32. The third kappa shape index (κ3) is 3.56. The van der Waals surface area contributed by atoms with Gasteiger partial charge in [-0.2, -0.15) is 0 Å². The van der Waals surface area contributed by atoms with Crippen molar-refractivity contribution in [3.63, 3.8) is 0 Å². The highest BCUT2D eigenvalue weighted by Gasteiger charge is 2.39. The summed E-state index contributed by atoms with van der Waals surface area (Å²) in [6, 6.07) is 25.9. The molecule has 3 aromatic rings. The molecule has 5 heteroatoms. The van der Waals surface area contributed by atoms with E-state index in [1.165, 1.54) is 11.1 Å². The zero-order valence-corrected chi connectivity index (χ0v) is 17.0. The fraction of sp³-hybridized carbons (Fsp3) is 0.250. The average molecular weight is 405 g/mol. The lowest BCUT2D eigenvalue weighted by Crippen LogP contribution is -2.29. The molecule has 3 aromatic carbocycles. The van der Waals surface area contributed by atoms with Gasteiger partial charge in [0.05, 0.1) is 10.6 Å². The van der Waals surface area contributed by atoms with Crippen molar-refractivity contribution in [3.8, 4) is 0 Å². The molecule has 1 N–H and O–H groups in total. The first-order valence-corrected chi connectivity index (χ1v) is 11.5. The first-order valence-electron chi connectivity index (χ1n) is 10.1. The van der Waals surface area contributed by atoms with Crippen molar-refractivity contribution in [1.82, 2.24) is 5.32 Å². The minimum atomic E-state index is -3.50. The van der Waals surface area contributed by atoms with Gasteiger partial charge in [-0.05, 0) is 47.7 Å². The molecule has 0 spiro atoms. The van der Waals surface area contributed by atoms with E-state index in [1.807, 2.05) is 18.2 Å². The highest BCUT2D eigenvalue weighted by Crippen LogP contribution is 2.43. The zero-order valence-electron chi connectivity index (χ0n) is 16.2. The summed E-state index contributed by atoms with van der Waals surface area (Å²) in [5.74, 6) is 0.517. The minimum absolute atomic E-state index is 0.351. The van der Waals surface area contributed by atoms with Crippen LogP contribution in [0.1, 0.15) is 29.0 Å². The van der Waals surface area contributed by atoms with Crippen LogP contribution in [-0.4, -0.2) is 21.0 Å². The van der Waals surface area contributed by atoms with E-state index in [4.69, 9.17) is 0 Å². The van der Waals surface area contributed by atoms with Crippen LogP contribution in [0.15, 0.2) is 83.8 Å². The maximum Gasteiger partial charge on any atom is 0.264 e. The predicted molar refractivity (Wildman–Crippen MR) is 116 cm³/mol. The topological polar surface area (TPSA) is 49.4 Å². The molecule has 1 heterocycles. The molecule has 29 heavy (non-hydrogen) atoms. The molecular formula is C24H24N2O2S. The number of hydrogen-bond donors (Lipinski definition) is 1. The normalized spacial score (nSPS) is 20.5. The monoisotopic (exact) mass is 404 g/mol. The zero-order chi connectivity index (χ0) is 19.8. The Labute approximate surface area is 172 Å². The second-order valence-electron chi connectivity index (χ2n) is 7.84. The van der Waals surface area contributed by atoms with Crippen molar-refractivity contribution in [2.75, 3.05) is 10.8 Å². The molecular weight excluding hydrogens is 380 g/mol. The van der Waals surface area contributed by atoms with Crippen molar-refractivity contribution in [1.29, 1.82) is 0 Å². The summed E-state index contributed by atoms with van der Waals surface area (Å²) in [6.07, 6.45) is 1.90. The van der Waals surface area contributed by atoms with Crippen LogP contribution in [0.3, 0.4) is 0 Å². The fourth-order valence-electron chi connectivity index (χ4n) is 4.23. The second-order valence-corrected chi connectivity index (χ2v) is 9.71. The fourth-order valence-corrected chi connectivity index (χ4v) is 5.75. The smallest absolute Gasteiger partial charge is 0.264 e. The van der Waals surface area contributed by atoms with E-state index in [0.29, 0.717) is 23.4 Å². The molecule has 0 radical (unpaired) electrons. The Morgan fingerprint density at radius 1 is 0.931 bits per heavy atom. The Hall–Kier alpha value is -2.63. The minimum Gasteiger partial charge on any atom is -0.309 e. The van der Waals surface area contributed by atoms with Crippen molar-refractivity contribution in [3.05, 3.63) is 95.6 Å². The summed E-state index contributed by atoms with van der Waals surface area (Å²) in [4.78, 5) is 0.351. The van der Waals surface area contributed by atoms with Gasteiger partial charge >= 0.3 is 0 Å². The molecule has 2 aliphatic rings. The maximum atomic E-state index is 13.0. The number of hydrogen-bond acceptors (Lipinski definition) is 3. The van der Waals surface area contributed by atoms with Gasteiger partial charge in [-0.15, -0.1) is 0 Å². The summed E-state index contributed by atoms with van der Waals surface area (Å²) >= 11 is 0. The van der Waals surface area contributed by atoms with Crippen molar-refractivity contribution in [2.45, 2.75) is 36.2 Å². The average Bonchev–Trinajstić information content (AvgIpc) is 3.41. The molecule has 0 aromatic heterocycles. The first kappa shape index (κ1) is 18.4. The Morgan fingerprint density at radius 3 is 2.41 bits per heavy atom.